The number of likely N-dealkylation sites (tertiary alicyclic amines) is 1. The van der Waals surface area contributed by atoms with E-state index in [-0.39, 0.29) is 0 Å². The Balaban J connectivity index is 1.59. The van der Waals surface area contributed by atoms with Crippen LogP contribution in [0.5, 0.6) is 0 Å². The maximum absolute atomic E-state index is 9.41. The molecule has 0 spiro atoms. The summed E-state index contributed by atoms with van der Waals surface area (Å²) in [6.45, 7) is 2.80. The van der Waals surface area contributed by atoms with E-state index in [0.717, 1.165) is 17.8 Å². The molecule has 3 aliphatic rings. The van der Waals surface area contributed by atoms with Gasteiger partial charge in [0.25, 0.3) is 0 Å². The highest BCUT2D eigenvalue weighted by molar-refractivity contribution is 5.10. The quantitative estimate of drug-likeness (QED) is 0.737. The Hall–Kier alpha value is -0.340. The van der Waals surface area contributed by atoms with Crippen molar-refractivity contribution < 1.29 is 5.11 Å². The van der Waals surface area contributed by atoms with Crippen LogP contribution in [0.15, 0.2) is 12.2 Å². The summed E-state index contributed by atoms with van der Waals surface area (Å²) in [6, 6.07) is 0.455. The highest BCUT2D eigenvalue weighted by Crippen LogP contribution is 2.44. The van der Waals surface area contributed by atoms with Gasteiger partial charge in [-0.25, -0.2) is 0 Å². The molecule has 1 saturated heterocycles. The van der Waals surface area contributed by atoms with Crippen LogP contribution in [0.2, 0.25) is 0 Å². The third-order valence-corrected chi connectivity index (χ3v) is 4.85. The van der Waals surface area contributed by atoms with E-state index in [4.69, 9.17) is 0 Å². The second-order valence-corrected chi connectivity index (χ2v) is 5.87. The fourth-order valence-corrected chi connectivity index (χ4v) is 3.91. The maximum Gasteiger partial charge on any atom is 0.0586 e. The molecule has 4 unspecified atom stereocenters. The van der Waals surface area contributed by atoms with Crippen molar-refractivity contribution in [3.63, 3.8) is 0 Å². The molecule has 16 heavy (non-hydrogen) atoms. The van der Waals surface area contributed by atoms with E-state index in [0.29, 0.717) is 12.6 Å². The van der Waals surface area contributed by atoms with Gasteiger partial charge in [0.15, 0.2) is 0 Å². The summed E-state index contributed by atoms with van der Waals surface area (Å²) in [5.74, 6) is 2.61. The molecule has 3 rings (SSSR count). The zero-order valence-corrected chi connectivity index (χ0v) is 10.0. The first kappa shape index (κ1) is 10.8. The minimum Gasteiger partial charge on any atom is -0.395 e. The molecular weight excluding hydrogens is 198 g/mol. The topological polar surface area (TPSA) is 23.5 Å². The van der Waals surface area contributed by atoms with Crippen molar-refractivity contribution in [1.82, 2.24) is 4.90 Å². The smallest absolute Gasteiger partial charge is 0.0586 e. The van der Waals surface area contributed by atoms with Crippen LogP contribution < -0.4 is 0 Å². The van der Waals surface area contributed by atoms with E-state index >= 15 is 0 Å². The number of rotatable bonds is 3. The van der Waals surface area contributed by atoms with Gasteiger partial charge in [-0.05, 0) is 50.0 Å². The molecule has 2 nitrogen and oxygen atoms in total. The second kappa shape index (κ2) is 4.50. The number of aliphatic hydroxyl groups excluding tert-OH is 1. The zero-order chi connectivity index (χ0) is 11.0. The lowest BCUT2D eigenvalue weighted by Gasteiger charge is -2.37. The van der Waals surface area contributed by atoms with Crippen LogP contribution in [0.3, 0.4) is 0 Å². The van der Waals surface area contributed by atoms with Crippen molar-refractivity contribution in [3.8, 4) is 0 Å². The Bertz CT molecular complexity index is 276. The predicted molar refractivity (Wildman–Crippen MR) is 65.1 cm³/mol. The Kier molecular flexibility index (Phi) is 3.03. The van der Waals surface area contributed by atoms with Gasteiger partial charge in [-0.1, -0.05) is 18.6 Å². The number of hydrogen-bond acceptors (Lipinski definition) is 2. The third kappa shape index (κ3) is 1.93. The van der Waals surface area contributed by atoms with Gasteiger partial charge < -0.3 is 5.11 Å². The molecule has 4 atom stereocenters. The second-order valence-electron chi connectivity index (χ2n) is 5.87. The van der Waals surface area contributed by atoms with Crippen molar-refractivity contribution in [1.29, 1.82) is 0 Å². The summed E-state index contributed by atoms with van der Waals surface area (Å²) < 4.78 is 0. The number of hydrogen-bond donors (Lipinski definition) is 1. The van der Waals surface area contributed by atoms with Crippen LogP contribution in [-0.2, 0) is 0 Å². The molecule has 2 bridgehead atoms. The molecule has 0 radical (unpaired) electrons. The zero-order valence-electron chi connectivity index (χ0n) is 10.0. The Morgan fingerprint density at radius 3 is 2.81 bits per heavy atom. The molecule has 1 aliphatic heterocycles. The van der Waals surface area contributed by atoms with E-state index in [1.807, 2.05) is 0 Å². The number of aliphatic hydroxyl groups is 1. The van der Waals surface area contributed by atoms with Crippen molar-refractivity contribution in [2.45, 2.75) is 38.1 Å². The lowest BCUT2D eigenvalue weighted by atomic mass is 9.91. The standard InChI is InChI=1S/C14H23NO/c16-10-14-3-1-2-6-15(14)9-13-8-11-4-5-12(13)7-11/h4-5,11-14,16H,1-3,6-10H2. The van der Waals surface area contributed by atoms with Gasteiger partial charge in [0, 0.05) is 12.6 Å². The number of fused-ring (bicyclic) bond motifs is 2. The monoisotopic (exact) mass is 221 g/mol. The predicted octanol–water partition coefficient (Wildman–Crippen LogP) is 2.05. The van der Waals surface area contributed by atoms with E-state index in [2.05, 4.69) is 17.1 Å². The average molecular weight is 221 g/mol. The van der Waals surface area contributed by atoms with Gasteiger partial charge in [0.2, 0.25) is 0 Å². The van der Waals surface area contributed by atoms with Gasteiger partial charge >= 0.3 is 0 Å². The largest absolute Gasteiger partial charge is 0.395 e. The van der Waals surface area contributed by atoms with Crippen LogP contribution in [0.4, 0.5) is 0 Å². The Labute approximate surface area is 98.3 Å². The number of piperidine rings is 1. The molecule has 2 aliphatic carbocycles. The molecule has 1 saturated carbocycles. The minimum atomic E-state index is 0.358. The summed E-state index contributed by atoms with van der Waals surface area (Å²) in [6.07, 6.45) is 11.5. The highest BCUT2D eigenvalue weighted by atomic mass is 16.3. The highest BCUT2D eigenvalue weighted by Gasteiger charge is 2.37. The van der Waals surface area contributed by atoms with E-state index in [1.54, 1.807) is 0 Å². The fraction of sp³-hybridized carbons (Fsp3) is 0.857. The van der Waals surface area contributed by atoms with Crippen LogP contribution in [0.1, 0.15) is 32.1 Å². The van der Waals surface area contributed by atoms with Gasteiger partial charge in [0.1, 0.15) is 0 Å². The van der Waals surface area contributed by atoms with Crippen molar-refractivity contribution in [2.75, 3.05) is 19.7 Å². The first-order valence-corrected chi connectivity index (χ1v) is 6.90. The lowest BCUT2D eigenvalue weighted by molar-refractivity contribution is 0.0720. The molecule has 0 aromatic heterocycles. The first-order valence-electron chi connectivity index (χ1n) is 6.90. The van der Waals surface area contributed by atoms with E-state index in [1.165, 1.54) is 45.2 Å². The lowest BCUT2D eigenvalue weighted by Crippen LogP contribution is -2.44. The summed E-state index contributed by atoms with van der Waals surface area (Å²) in [5.41, 5.74) is 0. The summed E-state index contributed by atoms with van der Waals surface area (Å²) in [7, 11) is 0. The Morgan fingerprint density at radius 1 is 1.19 bits per heavy atom. The summed E-state index contributed by atoms with van der Waals surface area (Å²) in [4.78, 5) is 2.56. The normalized spacial score (nSPS) is 43.1. The fourth-order valence-electron chi connectivity index (χ4n) is 3.91. The molecule has 0 aromatic carbocycles. The maximum atomic E-state index is 9.41. The van der Waals surface area contributed by atoms with Gasteiger partial charge in [0.05, 0.1) is 6.61 Å². The van der Waals surface area contributed by atoms with Crippen LogP contribution in [-0.4, -0.2) is 35.7 Å². The van der Waals surface area contributed by atoms with Crippen molar-refractivity contribution >= 4 is 0 Å². The van der Waals surface area contributed by atoms with Crippen molar-refractivity contribution in [3.05, 3.63) is 12.2 Å². The van der Waals surface area contributed by atoms with Crippen LogP contribution in [0.25, 0.3) is 0 Å². The first-order chi connectivity index (χ1) is 7.86. The molecular formula is C14H23NO. The summed E-state index contributed by atoms with van der Waals surface area (Å²) >= 11 is 0. The van der Waals surface area contributed by atoms with Crippen LogP contribution >= 0.6 is 0 Å². The van der Waals surface area contributed by atoms with Gasteiger partial charge in [-0.2, -0.15) is 0 Å². The average Bonchev–Trinajstić information content (AvgIpc) is 2.92. The number of nitrogens with zero attached hydrogens (tertiary/aromatic N) is 1. The third-order valence-electron chi connectivity index (χ3n) is 4.85. The number of allylic oxidation sites excluding steroid dienone is 2. The van der Waals surface area contributed by atoms with Crippen molar-refractivity contribution in [2.24, 2.45) is 17.8 Å². The van der Waals surface area contributed by atoms with E-state index in [9.17, 15) is 5.11 Å². The molecule has 90 valence electrons. The molecule has 1 N–H and O–H groups in total. The van der Waals surface area contributed by atoms with Gasteiger partial charge in [-0.15, -0.1) is 0 Å². The van der Waals surface area contributed by atoms with Crippen LogP contribution in [0, 0.1) is 17.8 Å². The Morgan fingerprint density at radius 2 is 2.12 bits per heavy atom. The molecule has 2 fully saturated rings. The van der Waals surface area contributed by atoms with Gasteiger partial charge in [-0.3, -0.25) is 4.90 Å². The molecule has 0 amide bonds. The molecule has 2 heteroatoms. The SMILES string of the molecule is OCC1CCCCN1CC1CC2C=CC1C2. The van der Waals surface area contributed by atoms with E-state index < -0.39 is 0 Å². The summed E-state index contributed by atoms with van der Waals surface area (Å²) in [5, 5.41) is 9.41. The molecule has 1 heterocycles. The minimum absolute atomic E-state index is 0.358. The molecule has 0 aromatic rings.